The zero-order chi connectivity index (χ0) is 13.5. The lowest BCUT2D eigenvalue weighted by molar-refractivity contribution is -0.119. The molecule has 0 aliphatic rings. The van der Waals surface area contributed by atoms with Crippen molar-refractivity contribution >= 4 is 17.5 Å². The molecule has 0 spiro atoms. The lowest BCUT2D eigenvalue weighted by Gasteiger charge is -2.09. The van der Waals surface area contributed by atoms with Gasteiger partial charge in [0.25, 0.3) is 5.91 Å². The zero-order valence-corrected chi connectivity index (χ0v) is 10.6. The number of aromatic nitrogens is 1. The second-order valence-electron chi connectivity index (χ2n) is 4.35. The van der Waals surface area contributed by atoms with Crippen LogP contribution in [0.25, 0.3) is 0 Å². The Hall–Kier alpha value is -2.11. The molecular formula is C12H18N4O2. The van der Waals surface area contributed by atoms with E-state index >= 15 is 0 Å². The fourth-order valence-corrected chi connectivity index (χ4v) is 1.24. The molecule has 98 valence electrons. The summed E-state index contributed by atoms with van der Waals surface area (Å²) in [7, 11) is 0. The first-order valence-electron chi connectivity index (χ1n) is 5.75. The predicted octanol–water partition coefficient (Wildman–Crippen LogP) is 0.365. The molecule has 0 atom stereocenters. The van der Waals surface area contributed by atoms with E-state index in [1.165, 1.54) is 12.3 Å². The van der Waals surface area contributed by atoms with Crippen LogP contribution in [0.1, 0.15) is 24.3 Å². The average molecular weight is 250 g/mol. The lowest BCUT2D eigenvalue weighted by Crippen LogP contribution is -2.32. The molecule has 0 fully saturated rings. The van der Waals surface area contributed by atoms with Crippen LogP contribution in [-0.4, -0.2) is 29.9 Å². The summed E-state index contributed by atoms with van der Waals surface area (Å²) in [4.78, 5) is 26.2. The SMILES string of the molecule is CC(C)CNC(=O)CNc1ccnc(C(N)=O)c1. The Morgan fingerprint density at radius 3 is 2.78 bits per heavy atom. The molecule has 1 aromatic heterocycles. The van der Waals surface area contributed by atoms with Gasteiger partial charge in [-0.3, -0.25) is 14.6 Å². The van der Waals surface area contributed by atoms with Crippen LogP contribution in [0.2, 0.25) is 0 Å². The third-order valence-corrected chi connectivity index (χ3v) is 2.17. The van der Waals surface area contributed by atoms with Gasteiger partial charge in [-0.05, 0) is 18.1 Å². The summed E-state index contributed by atoms with van der Waals surface area (Å²) in [6.07, 6.45) is 1.47. The first-order chi connectivity index (χ1) is 8.49. The molecule has 0 aliphatic carbocycles. The summed E-state index contributed by atoms with van der Waals surface area (Å²) in [5.74, 6) is -0.277. The minimum atomic E-state index is -0.595. The molecule has 2 amide bonds. The predicted molar refractivity (Wildman–Crippen MR) is 69.1 cm³/mol. The van der Waals surface area contributed by atoms with E-state index in [1.54, 1.807) is 6.07 Å². The molecule has 0 radical (unpaired) electrons. The number of nitrogens with one attached hydrogen (secondary N) is 2. The van der Waals surface area contributed by atoms with E-state index in [2.05, 4.69) is 15.6 Å². The maximum Gasteiger partial charge on any atom is 0.267 e. The van der Waals surface area contributed by atoms with E-state index in [0.29, 0.717) is 18.2 Å². The van der Waals surface area contributed by atoms with Crippen LogP contribution < -0.4 is 16.4 Å². The number of rotatable bonds is 6. The lowest BCUT2D eigenvalue weighted by atomic mass is 10.2. The van der Waals surface area contributed by atoms with Crippen LogP contribution in [0.4, 0.5) is 5.69 Å². The number of anilines is 1. The van der Waals surface area contributed by atoms with Crippen molar-refractivity contribution in [3.63, 3.8) is 0 Å². The minimum Gasteiger partial charge on any atom is -0.376 e. The second-order valence-corrected chi connectivity index (χ2v) is 4.35. The normalized spacial score (nSPS) is 10.2. The highest BCUT2D eigenvalue weighted by Crippen LogP contribution is 2.06. The molecule has 0 saturated heterocycles. The smallest absolute Gasteiger partial charge is 0.267 e. The van der Waals surface area contributed by atoms with E-state index in [1.807, 2.05) is 13.8 Å². The molecule has 1 rings (SSSR count). The van der Waals surface area contributed by atoms with Crippen LogP contribution >= 0.6 is 0 Å². The number of hydrogen-bond acceptors (Lipinski definition) is 4. The monoisotopic (exact) mass is 250 g/mol. The number of nitrogens with two attached hydrogens (primary N) is 1. The van der Waals surface area contributed by atoms with Gasteiger partial charge in [-0.2, -0.15) is 0 Å². The molecule has 0 aromatic carbocycles. The Labute approximate surface area is 106 Å². The van der Waals surface area contributed by atoms with E-state index in [4.69, 9.17) is 5.73 Å². The van der Waals surface area contributed by atoms with Crippen molar-refractivity contribution < 1.29 is 9.59 Å². The number of nitrogens with zero attached hydrogens (tertiary/aromatic N) is 1. The Morgan fingerprint density at radius 1 is 1.44 bits per heavy atom. The summed E-state index contributed by atoms with van der Waals surface area (Å²) in [6, 6.07) is 3.18. The Balaban J connectivity index is 2.46. The van der Waals surface area contributed by atoms with Crippen LogP contribution in [0, 0.1) is 5.92 Å². The molecule has 0 unspecified atom stereocenters. The maximum atomic E-state index is 11.5. The van der Waals surface area contributed by atoms with Gasteiger partial charge in [0.1, 0.15) is 5.69 Å². The quantitative estimate of drug-likeness (QED) is 0.679. The van der Waals surface area contributed by atoms with Crippen molar-refractivity contribution in [2.24, 2.45) is 11.7 Å². The molecule has 0 aliphatic heterocycles. The summed E-state index contributed by atoms with van der Waals surface area (Å²) < 4.78 is 0. The number of carbonyl (C=O) groups excluding carboxylic acids is 2. The Morgan fingerprint density at radius 2 is 2.17 bits per heavy atom. The van der Waals surface area contributed by atoms with E-state index in [9.17, 15) is 9.59 Å². The topological polar surface area (TPSA) is 97.1 Å². The van der Waals surface area contributed by atoms with Crippen molar-refractivity contribution in [3.8, 4) is 0 Å². The van der Waals surface area contributed by atoms with Crippen molar-refractivity contribution in [2.75, 3.05) is 18.4 Å². The third-order valence-electron chi connectivity index (χ3n) is 2.17. The summed E-state index contributed by atoms with van der Waals surface area (Å²) in [6.45, 7) is 4.84. The summed E-state index contributed by atoms with van der Waals surface area (Å²) >= 11 is 0. The van der Waals surface area contributed by atoms with E-state index in [0.717, 1.165) is 0 Å². The summed E-state index contributed by atoms with van der Waals surface area (Å²) in [5.41, 5.74) is 5.92. The van der Waals surface area contributed by atoms with Crippen LogP contribution in [0.3, 0.4) is 0 Å². The van der Waals surface area contributed by atoms with Crippen molar-refractivity contribution in [3.05, 3.63) is 24.0 Å². The van der Waals surface area contributed by atoms with Crippen molar-refractivity contribution in [1.82, 2.24) is 10.3 Å². The molecule has 1 heterocycles. The molecular weight excluding hydrogens is 232 g/mol. The highest BCUT2D eigenvalue weighted by Gasteiger charge is 2.05. The molecule has 0 saturated carbocycles. The number of primary amides is 1. The average Bonchev–Trinajstić information content (AvgIpc) is 2.34. The summed E-state index contributed by atoms with van der Waals surface area (Å²) in [5, 5.41) is 5.68. The third kappa shape index (κ3) is 4.82. The van der Waals surface area contributed by atoms with Crippen molar-refractivity contribution in [1.29, 1.82) is 0 Å². The van der Waals surface area contributed by atoms with Gasteiger partial charge in [0.05, 0.1) is 6.54 Å². The highest BCUT2D eigenvalue weighted by atomic mass is 16.2. The molecule has 4 N–H and O–H groups in total. The van der Waals surface area contributed by atoms with E-state index in [-0.39, 0.29) is 18.1 Å². The molecule has 1 aromatic rings. The fraction of sp³-hybridized carbons (Fsp3) is 0.417. The molecule has 0 bridgehead atoms. The number of amides is 2. The van der Waals surface area contributed by atoms with Gasteiger partial charge >= 0.3 is 0 Å². The van der Waals surface area contributed by atoms with Gasteiger partial charge in [0.2, 0.25) is 5.91 Å². The van der Waals surface area contributed by atoms with Crippen molar-refractivity contribution in [2.45, 2.75) is 13.8 Å². The molecule has 6 nitrogen and oxygen atoms in total. The zero-order valence-electron chi connectivity index (χ0n) is 10.6. The standard InChI is InChI=1S/C12H18N4O2/c1-8(2)6-16-11(17)7-15-9-3-4-14-10(5-9)12(13)18/h3-5,8H,6-7H2,1-2H3,(H2,13,18)(H,14,15)(H,16,17). The van der Waals surface area contributed by atoms with Gasteiger partial charge < -0.3 is 16.4 Å². The van der Waals surface area contributed by atoms with E-state index < -0.39 is 5.91 Å². The van der Waals surface area contributed by atoms with Gasteiger partial charge in [-0.25, -0.2) is 0 Å². The highest BCUT2D eigenvalue weighted by molar-refractivity contribution is 5.91. The largest absolute Gasteiger partial charge is 0.376 e. The minimum absolute atomic E-state index is 0.0962. The van der Waals surface area contributed by atoms with Gasteiger partial charge in [0.15, 0.2) is 0 Å². The van der Waals surface area contributed by atoms with Gasteiger partial charge in [-0.1, -0.05) is 13.8 Å². The number of hydrogen-bond donors (Lipinski definition) is 3. The second kappa shape index (κ2) is 6.58. The first-order valence-corrected chi connectivity index (χ1v) is 5.75. The van der Waals surface area contributed by atoms with Crippen LogP contribution in [0.5, 0.6) is 0 Å². The fourth-order valence-electron chi connectivity index (χ4n) is 1.24. The van der Waals surface area contributed by atoms with Crippen LogP contribution in [-0.2, 0) is 4.79 Å². The van der Waals surface area contributed by atoms with Crippen LogP contribution in [0.15, 0.2) is 18.3 Å². The Bertz CT molecular complexity index is 432. The number of pyridine rings is 1. The van der Waals surface area contributed by atoms with Gasteiger partial charge in [-0.15, -0.1) is 0 Å². The Kier molecular flexibility index (Phi) is 5.10. The molecule has 18 heavy (non-hydrogen) atoms. The first kappa shape index (κ1) is 14.0. The number of carbonyl (C=O) groups is 2. The maximum absolute atomic E-state index is 11.5. The molecule has 6 heteroatoms. The van der Waals surface area contributed by atoms with Gasteiger partial charge in [0, 0.05) is 18.4 Å².